The van der Waals surface area contributed by atoms with Gasteiger partial charge >= 0.3 is 0 Å². The van der Waals surface area contributed by atoms with Crippen LogP contribution in [0.4, 0.5) is 0 Å². The van der Waals surface area contributed by atoms with E-state index in [2.05, 4.69) is 65.6 Å². The molecule has 1 aromatic heterocycles. The van der Waals surface area contributed by atoms with Crippen molar-refractivity contribution in [1.29, 1.82) is 0 Å². The fraction of sp³-hybridized carbons (Fsp3) is 0.800. The van der Waals surface area contributed by atoms with Gasteiger partial charge in [0.2, 0.25) is 0 Å². The average molecular weight is 346 g/mol. The monoisotopic (exact) mass is 345 g/mol. The largest absolute Gasteiger partial charge is 0.396 e. The number of rotatable bonds is 7. The van der Waals surface area contributed by atoms with Crippen LogP contribution in [0.2, 0.25) is 0 Å². The number of hydrogen-bond donors (Lipinski definition) is 2. The lowest BCUT2D eigenvalue weighted by atomic mass is 9.85. The van der Waals surface area contributed by atoms with Gasteiger partial charge in [0.15, 0.2) is 0 Å². The molecule has 1 atom stereocenters. The number of halogens is 1. The molecule has 1 aromatic rings. The molecule has 20 heavy (non-hydrogen) atoms. The van der Waals surface area contributed by atoms with Gasteiger partial charge in [-0.3, -0.25) is 4.68 Å². The van der Waals surface area contributed by atoms with Crippen molar-refractivity contribution >= 4 is 15.9 Å². The summed E-state index contributed by atoms with van der Waals surface area (Å²) in [5.41, 5.74) is 2.43. The van der Waals surface area contributed by atoms with E-state index >= 15 is 0 Å². The number of aryl methyl sites for hydroxylation is 2. The Balaban J connectivity index is 2.85. The quantitative estimate of drug-likeness (QED) is 0.798. The molecule has 116 valence electrons. The first-order chi connectivity index (χ1) is 9.35. The first-order valence-electron chi connectivity index (χ1n) is 7.43. The minimum absolute atomic E-state index is 0.125. The Morgan fingerprint density at radius 1 is 1.35 bits per heavy atom. The van der Waals surface area contributed by atoms with Crippen LogP contribution in [0.15, 0.2) is 4.47 Å². The number of aromatic nitrogens is 2. The van der Waals surface area contributed by atoms with Gasteiger partial charge in [-0.05, 0) is 41.1 Å². The number of aliphatic hydroxyl groups is 1. The van der Waals surface area contributed by atoms with Crippen molar-refractivity contribution in [3.63, 3.8) is 0 Å². The second kappa shape index (κ2) is 7.57. The van der Waals surface area contributed by atoms with Gasteiger partial charge in [-0.2, -0.15) is 5.10 Å². The minimum Gasteiger partial charge on any atom is -0.396 e. The molecule has 0 fully saturated rings. The summed E-state index contributed by atoms with van der Waals surface area (Å²) in [5, 5.41) is 17.4. The molecule has 2 N–H and O–H groups in total. The predicted octanol–water partition coefficient (Wildman–Crippen LogP) is 3.11. The van der Waals surface area contributed by atoms with Gasteiger partial charge < -0.3 is 10.4 Å². The Morgan fingerprint density at radius 3 is 2.45 bits per heavy atom. The van der Waals surface area contributed by atoms with Crippen LogP contribution in [0.25, 0.3) is 0 Å². The Hall–Kier alpha value is -0.390. The van der Waals surface area contributed by atoms with Crippen molar-refractivity contribution < 1.29 is 5.11 Å². The molecule has 1 unspecified atom stereocenters. The first kappa shape index (κ1) is 17.7. The van der Waals surface area contributed by atoms with Crippen LogP contribution in [0.1, 0.15) is 52.4 Å². The summed E-state index contributed by atoms with van der Waals surface area (Å²) in [6.45, 7) is 12.7. The van der Waals surface area contributed by atoms with Crippen molar-refractivity contribution in [1.82, 2.24) is 15.1 Å². The molecule has 0 saturated carbocycles. The summed E-state index contributed by atoms with van der Waals surface area (Å²) in [4.78, 5) is 0. The molecule has 5 heteroatoms. The Kier molecular flexibility index (Phi) is 6.69. The standard InChI is InChI=1S/C15H28BrN3O/c1-6-11-14(16)12(19(7-2)18-11)10-17-13(8-9-20)15(3,4)5/h13,17,20H,6-10H2,1-5H3. The summed E-state index contributed by atoms with van der Waals surface area (Å²) in [5.74, 6) is 0. The summed E-state index contributed by atoms with van der Waals surface area (Å²) in [6.07, 6.45) is 1.70. The highest BCUT2D eigenvalue weighted by Crippen LogP contribution is 2.25. The number of nitrogens with zero attached hydrogens (tertiary/aromatic N) is 2. The molecule has 4 nitrogen and oxygen atoms in total. The van der Waals surface area contributed by atoms with E-state index in [0.717, 1.165) is 36.1 Å². The second-order valence-electron chi connectivity index (χ2n) is 6.19. The highest BCUT2D eigenvalue weighted by atomic mass is 79.9. The number of hydrogen-bond acceptors (Lipinski definition) is 3. The zero-order chi connectivity index (χ0) is 15.3. The first-order valence-corrected chi connectivity index (χ1v) is 8.22. The molecule has 0 radical (unpaired) electrons. The Bertz CT molecular complexity index is 423. The van der Waals surface area contributed by atoms with Crippen molar-refractivity contribution in [2.24, 2.45) is 5.41 Å². The summed E-state index contributed by atoms with van der Waals surface area (Å²) < 4.78 is 3.17. The average Bonchev–Trinajstić information content (AvgIpc) is 2.69. The minimum atomic E-state index is 0.125. The van der Waals surface area contributed by atoms with Crippen molar-refractivity contribution in [2.45, 2.75) is 66.6 Å². The molecule has 0 bridgehead atoms. The van der Waals surface area contributed by atoms with Gasteiger partial charge in [0, 0.05) is 25.7 Å². The van der Waals surface area contributed by atoms with Gasteiger partial charge in [0.25, 0.3) is 0 Å². The molecular formula is C15H28BrN3O. The molecule has 0 saturated heterocycles. The molecule has 0 aliphatic heterocycles. The van der Waals surface area contributed by atoms with E-state index in [9.17, 15) is 5.11 Å². The van der Waals surface area contributed by atoms with Crippen LogP contribution in [-0.4, -0.2) is 27.5 Å². The Labute approximate surface area is 131 Å². The highest BCUT2D eigenvalue weighted by molar-refractivity contribution is 9.10. The summed E-state index contributed by atoms with van der Waals surface area (Å²) in [7, 11) is 0. The van der Waals surface area contributed by atoms with Gasteiger partial charge in [0.05, 0.1) is 15.9 Å². The predicted molar refractivity (Wildman–Crippen MR) is 86.8 cm³/mol. The zero-order valence-corrected chi connectivity index (χ0v) is 14.9. The highest BCUT2D eigenvalue weighted by Gasteiger charge is 2.24. The van der Waals surface area contributed by atoms with Crippen molar-refractivity contribution in [2.75, 3.05) is 6.61 Å². The van der Waals surface area contributed by atoms with Gasteiger partial charge in [-0.15, -0.1) is 0 Å². The molecular weight excluding hydrogens is 318 g/mol. The smallest absolute Gasteiger partial charge is 0.0767 e. The van der Waals surface area contributed by atoms with Crippen LogP contribution < -0.4 is 5.32 Å². The van der Waals surface area contributed by atoms with E-state index in [1.807, 2.05) is 0 Å². The van der Waals surface area contributed by atoms with Gasteiger partial charge in [0.1, 0.15) is 0 Å². The van der Waals surface area contributed by atoms with Gasteiger partial charge in [-0.25, -0.2) is 0 Å². The van der Waals surface area contributed by atoms with Crippen LogP contribution in [-0.2, 0) is 19.5 Å². The number of nitrogens with one attached hydrogen (secondary N) is 1. The van der Waals surface area contributed by atoms with Crippen LogP contribution in [0.3, 0.4) is 0 Å². The fourth-order valence-electron chi connectivity index (χ4n) is 2.38. The van der Waals surface area contributed by atoms with Crippen LogP contribution in [0.5, 0.6) is 0 Å². The number of aliphatic hydroxyl groups excluding tert-OH is 1. The maximum Gasteiger partial charge on any atom is 0.0767 e. The maximum absolute atomic E-state index is 9.23. The summed E-state index contributed by atoms with van der Waals surface area (Å²) in [6, 6.07) is 0.282. The molecule has 0 amide bonds. The lowest BCUT2D eigenvalue weighted by Crippen LogP contribution is -2.41. The van der Waals surface area contributed by atoms with Crippen molar-refractivity contribution in [3.8, 4) is 0 Å². The van der Waals surface area contributed by atoms with E-state index in [1.165, 1.54) is 5.69 Å². The molecule has 1 rings (SSSR count). The molecule has 0 aliphatic carbocycles. The normalized spacial score (nSPS) is 13.8. The lowest BCUT2D eigenvalue weighted by molar-refractivity contribution is 0.195. The van der Waals surface area contributed by atoms with Crippen LogP contribution >= 0.6 is 15.9 Å². The molecule has 0 spiro atoms. The van der Waals surface area contributed by atoms with E-state index in [1.54, 1.807) is 0 Å². The third-order valence-corrected chi connectivity index (χ3v) is 4.59. The SMILES string of the molecule is CCc1nn(CC)c(CNC(CCO)C(C)(C)C)c1Br. The maximum atomic E-state index is 9.23. The van der Waals surface area contributed by atoms with E-state index in [0.29, 0.717) is 0 Å². The third-order valence-electron chi connectivity index (χ3n) is 3.67. The summed E-state index contributed by atoms with van der Waals surface area (Å²) >= 11 is 3.67. The van der Waals surface area contributed by atoms with Gasteiger partial charge in [-0.1, -0.05) is 27.7 Å². The van der Waals surface area contributed by atoms with E-state index < -0.39 is 0 Å². The molecule has 1 heterocycles. The van der Waals surface area contributed by atoms with E-state index in [4.69, 9.17) is 0 Å². The van der Waals surface area contributed by atoms with Crippen LogP contribution in [0, 0.1) is 5.41 Å². The lowest BCUT2D eigenvalue weighted by Gasteiger charge is -2.31. The fourth-order valence-corrected chi connectivity index (χ4v) is 3.08. The molecule has 0 aromatic carbocycles. The second-order valence-corrected chi connectivity index (χ2v) is 6.98. The van der Waals surface area contributed by atoms with E-state index in [-0.39, 0.29) is 18.1 Å². The third kappa shape index (κ3) is 4.30. The Morgan fingerprint density at radius 2 is 2.00 bits per heavy atom. The topological polar surface area (TPSA) is 50.1 Å². The van der Waals surface area contributed by atoms with Crippen molar-refractivity contribution in [3.05, 3.63) is 15.9 Å². The molecule has 0 aliphatic rings. The zero-order valence-electron chi connectivity index (χ0n) is 13.3.